The molecule has 18 heavy (non-hydrogen) atoms. The molecule has 3 rings (SSSR count). The van der Waals surface area contributed by atoms with Crippen LogP contribution < -0.4 is 10.2 Å². The first kappa shape index (κ1) is 11.3. The van der Waals surface area contributed by atoms with E-state index in [0.29, 0.717) is 11.9 Å². The lowest BCUT2D eigenvalue weighted by atomic mass is 10.2. The zero-order valence-electron chi connectivity index (χ0n) is 10.6. The van der Waals surface area contributed by atoms with Gasteiger partial charge in [0.1, 0.15) is 0 Å². The zero-order chi connectivity index (χ0) is 12.5. The van der Waals surface area contributed by atoms with Crippen LogP contribution in [-0.4, -0.2) is 40.9 Å². The van der Waals surface area contributed by atoms with Gasteiger partial charge in [-0.1, -0.05) is 0 Å². The Kier molecular flexibility index (Phi) is 2.79. The van der Waals surface area contributed by atoms with E-state index < -0.39 is 0 Å². The van der Waals surface area contributed by atoms with Crippen LogP contribution in [-0.2, 0) is 0 Å². The van der Waals surface area contributed by atoms with Crippen molar-refractivity contribution in [2.24, 2.45) is 0 Å². The third-order valence-electron chi connectivity index (χ3n) is 3.20. The summed E-state index contributed by atoms with van der Waals surface area (Å²) in [5, 5.41) is 10.6. The highest BCUT2D eigenvalue weighted by Crippen LogP contribution is 2.22. The van der Waals surface area contributed by atoms with Gasteiger partial charge in [-0.05, 0) is 25.5 Å². The van der Waals surface area contributed by atoms with Gasteiger partial charge in [-0.25, -0.2) is 0 Å². The molecule has 1 aliphatic heterocycles. The number of furan rings is 1. The summed E-state index contributed by atoms with van der Waals surface area (Å²) < 4.78 is 5.41. The minimum Gasteiger partial charge on any atom is -0.461 e. The number of anilines is 1. The highest BCUT2D eigenvalue weighted by Gasteiger charge is 2.20. The Morgan fingerprint density at radius 2 is 2.39 bits per heavy atom. The Balaban J connectivity index is 1.83. The Hall–Kier alpha value is -1.82. The number of rotatable bonds is 2. The van der Waals surface area contributed by atoms with Crippen molar-refractivity contribution in [1.29, 1.82) is 0 Å². The van der Waals surface area contributed by atoms with Gasteiger partial charge in [-0.2, -0.15) is 4.98 Å². The third-order valence-corrected chi connectivity index (χ3v) is 3.20. The number of aromatic nitrogens is 3. The molecule has 1 saturated heterocycles. The molecular formula is C12H17N5O. The lowest BCUT2D eigenvalue weighted by Crippen LogP contribution is -2.49. The summed E-state index contributed by atoms with van der Waals surface area (Å²) >= 11 is 0. The van der Waals surface area contributed by atoms with Gasteiger partial charge < -0.3 is 14.6 Å². The van der Waals surface area contributed by atoms with Crippen LogP contribution >= 0.6 is 0 Å². The second-order valence-corrected chi connectivity index (χ2v) is 4.72. The maximum absolute atomic E-state index is 5.41. The summed E-state index contributed by atoms with van der Waals surface area (Å²) in [7, 11) is 0. The monoisotopic (exact) mass is 247 g/mol. The molecule has 0 bridgehead atoms. The highest BCUT2D eigenvalue weighted by molar-refractivity contribution is 5.53. The van der Waals surface area contributed by atoms with Gasteiger partial charge in [-0.3, -0.25) is 5.10 Å². The molecule has 0 radical (unpaired) electrons. The van der Waals surface area contributed by atoms with Gasteiger partial charge >= 0.3 is 0 Å². The Morgan fingerprint density at radius 3 is 3.11 bits per heavy atom. The van der Waals surface area contributed by atoms with Gasteiger partial charge in [0, 0.05) is 25.7 Å². The molecule has 6 nitrogen and oxygen atoms in total. The smallest absolute Gasteiger partial charge is 0.245 e. The molecule has 0 aliphatic carbocycles. The van der Waals surface area contributed by atoms with Crippen LogP contribution in [0.25, 0.3) is 11.6 Å². The van der Waals surface area contributed by atoms with E-state index in [1.165, 1.54) is 0 Å². The molecule has 0 aromatic carbocycles. The molecule has 0 saturated carbocycles. The number of nitrogens with zero attached hydrogens (tertiary/aromatic N) is 3. The lowest BCUT2D eigenvalue weighted by molar-refractivity contribution is 0.480. The number of aryl methyl sites for hydroxylation is 1. The average molecular weight is 247 g/mol. The standard InChI is InChI=1S/C12H17N5O/c1-8-3-6-18-10(8)11-14-12(16-15-11)17-5-4-13-9(2)7-17/h3,6,9,13H,4-5,7H2,1-2H3,(H,14,15,16)/t9-/m0/s1. The maximum atomic E-state index is 5.41. The average Bonchev–Trinajstić information content (AvgIpc) is 2.97. The normalized spacial score (nSPS) is 20.3. The fourth-order valence-electron chi connectivity index (χ4n) is 2.23. The molecule has 2 aromatic rings. The van der Waals surface area contributed by atoms with Crippen LogP contribution in [0.15, 0.2) is 16.7 Å². The number of piperazine rings is 1. The minimum absolute atomic E-state index is 0.464. The van der Waals surface area contributed by atoms with Gasteiger partial charge in [0.15, 0.2) is 11.6 Å². The van der Waals surface area contributed by atoms with E-state index in [0.717, 1.165) is 36.9 Å². The topological polar surface area (TPSA) is 70.0 Å². The predicted octanol–water partition coefficient (Wildman–Crippen LogP) is 1.17. The van der Waals surface area contributed by atoms with Crippen molar-refractivity contribution < 1.29 is 4.42 Å². The maximum Gasteiger partial charge on any atom is 0.245 e. The molecule has 0 spiro atoms. The van der Waals surface area contributed by atoms with Crippen LogP contribution in [0.5, 0.6) is 0 Å². The van der Waals surface area contributed by atoms with Crippen molar-refractivity contribution >= 4 is 5.95 Å². The van der Waals surface area contributed by atoms with E-state index >= 15 is 0 Å². The molecule has 1 aliphatic rings. The molecule has 2 N–H and O–H groups in total. The van der Waals surface area contributed by atoms with Crippen molar-refractivity contribution in [3.05, 3.63) is 17.9 Å². The molecular weight excluding hydrogens is 230 g/mol. The molecule has 96 valence electrons. The van der Waals surface area contributed by atoms with Crippen LogP contribution in [0.4, 0.5) is 5.95 Å². The highest BCUT2D eigenvalue weighted by atomic mass is 16.3. The minimum atomic E-state index is 0.464. The summed E-state index contributed by atoms with van der Waals surface area (Å²) in [6, 6.07) is 2.38. The number of hydrogen-bond acceptors (Lipinski definition) is 5. The molecule has 3 heterocycles. The lowest BCUT2D eigenvalue weighted by Gasteiger charge is -2.30. The quantitative estimate of drug-likeness (QED) is 0.833. The molecule has 1 atom stereocenters. The number of nitrogens with one attached hydrogen (secondary N) is 2. The second kappa shape index (κ2) is 4.45. The van der Waals surface area contributed by atoms with Crippen molar-refractivity contribution in [2.45, 2.75) is 19.9 Å². The van der Waals surface area contributed by atoms with E-state index in [4.69, 9.17) is 4.42 Å². The van der Waals surface area contributed by atoms with E-state index in [9.17, 15) is 0 Å². The zero-order valence-corrected chi connectivity index (χ0v) is 10.6. The summed E-state index contributed by atoms with van der Waals surface area (Å²) in [6.45, 7) is 6.97. The second-order valence-electron chi connectivity index (χ2n) is 4.72. The summed E-state index contributed by atoms with van der Waals surface area (Å²) in [4.78, 5) is 6.69. The van der Waals surface area contributed by atoms with Gasteiger partial charge in [-0.15, -0.1) is 5.10 Å². The Morgan fingerprint density at radius 1 is 1.50 bits per heavy atom. The van der Waals surface area contributed by atoms with Crippen LogP contribution in [0, 0.1) is 6.92 Å². The summed E-state index contributed by atoms with van der Waals surface area (Å²) in [6.07, 6.45) is 1.67. The van der Waals surface area contributed by atoms with E-state index in [1.807, 2.05) is 13.0 Å². The van der Waals surface area contributed by atoms with Crippen molar-refractivity contribution in [3.8, 4) is 11.6 Å². The van der Waals surface area contributed by atoms with E-state index in [2.05, 4.69) is 32.3 Å². The first-order chi connectivity index (χ1) is 8.74. The van der Waals surface area contributed by atoms with E-state index in [-0.39, 0.29) is 0 Å². The molecule has 0 unspecified atom stereocenters. The van der Waals surface area contributed by atoms with Gasteiger partial charge in [0.25, 0.3) is 0 Å². The summed E-state index contributed by atoms with van der Waals surface area (Å²) in [5.41, 5.74) is 1.06. The van der Waals surface area contributed by atoms with Gasteiger partial charge in [0.05, 0.1) is 6.26 Å². The molecule has 2 aromatic heterocycles. The van der Waals surface area contributed by atoms with Crippen LogP contribution in [0.2, 0.25) is 0 Å². The van der Waals surface area contributed by atoms with Crippen LogP contribution in [0.1, 0.15) is 12.5 Å². The Labute approximate surface area is 105 Å². The number of H-pyrrole nitrogens is 1. The van der Waals surface area contributed by atoms with E-state index in [1.54, 1.807) is 6.26 Å². The fourth-order valence-corrected chi connectivity index (χ4v) is 2.23. The molecule has 0 amide bonds. The largest absolute Gasteiger partial charge is 0.461 e. The van der Waals surface area contributed by atoms with Crippen molar-refractivity contribution in [3.63, 3.8) is 0 Å². The first-order valence-electron chi connectivity index (χ1n) is 6.19. The van der Waals surface area contributed by atoms with Crippen LogP contribution in [0.3, 0.4) is 0 Å². The third kappa shape index (κ3) is 1.99. The predicted molar refractivity (Wildman–Crippen MR) is 68.5 cm³/mol. The Bertz CT molecular complexity index is 532. The molecule has 1 fully saturated rings. The van der Waals surface area contributed by atoms with Gasteiger partial charge in [0.2, 0.25) is 5.95 Å². The SMILES string of the molecule is Cc1ccoc1-c1nc(N2CCN[C@@H](C)C2)n[nH]1. The van der Waals surface area contributed by atoms with Crippen molar-refractivity contribution in [2.75, 3.05) is 24.5 Å². The number of hydrogen-bond donors (Lipinski definition) is 2. The first-order valence-corrected chi connectivity index (χ1v) is 6.19. The molecule has 6 heteroatoms. The fraction of sp³-hybridized carbons (Fsp3) is 0.500. The van der Waals surface area contributed by atoms with Crippen molar-refractivity contribution in [1.82, 2.24) is 20.5 Å². The number of aromatic amines is 1. The summed E-state index contributed by atoms with van der Waals surface area (Å²) in [5.74, 6) is 2.20.